The molecule has 0 atom stereocenters. The van der Waals surface area contributed by atoms with Crippen LogP contribution in [0, 0.1) is 0 Å². The Morgan fingerprint density at radius 3 is 1.28 bits per heavy atom. The molecule has 4 nitrogen and oxygen atoms in total. The summed E-state index contributed by atoms with van der Waals surface area (Å²) in [6.45, 7) is 12.3. The second-order valence-corrected chi connectivity index (χ2v) is 15.8. The molecule has 2 aromatic carbocycles. The first-order chi connectivity index (χ1) is 14.1. The third-order valence-corrected chi connectivity index (χ3v) is 12.1. The SMILES string of the molecule is CCOc1ccc(NC(=S)Nc2ccc(OCC)cc2)cc1.C[CH2][GeH]([CH2]C)[CH2]C. The fourth-order valence-corrected chi connectivity index (χ4v) is 6.63. The zero-order valence-electron chi connectivity index (χ0n) is 18.5. The second-order valence-electron chi connectivity index (χ2n) is 6.58. The summed E-state index contributed by atoms with van der Waals surface area (Å²) in [7, 11) is 0. The van der Waals surface area contributed by atoms with Gasteiger partial charge in [-0.15, -0.1) is 0 Å². The van der Waals surface area contributed by atoms with E-state index in [1.165, 1.54) is 0 Å². The molecule has 0 bridgehead atoms. The van der Waals surface area contributed by atoms with Gasteiger partial charge >= 0.3 is 50.9 Å². The molecule has 0 radical (unpaired) electrons. The normalized spacial score (nSPS) is 10.0. The van der Waals surface area contributed by atoms with Crippen LogP contribution in [0.25, 0.3) is 0 Å². The van der Waals surface area contributed by atoms with E-state index in [4.69, 9.17) is 21.7 Å². The standard InChI is InChI=1S/C17H20N2O2S.C6H16Ge/c1-3-20-15-9-5-13(6-10-15)18-17(22)19-14-7-11-16(12-8-14)21-4-2;1-4-7(5-2)6-3/h5-12H,3-4H2,1-2H3,(H2,18,19,22);7H,4-6H2,1-3H3. The van der Waals surface area contributed by atoms with E-state index in [2.05, 4.69) is 31.4 Å². The summed E-state index contributed by atoms with van der Waals surface area (Å²) < 4.78 is 10.8. The van der Waals surface area contributed by atoms with E-state index >= 15 is 0 Å². The van der Waals surface area contributed by atoms with Crippen molar-refractivity contribution in [3.05, 3.63) is 48.5 Å². The molecule has 29 heavy (non-hydrogen) atoms. The minimum absolute atomic E-state index is 0.535. The summed E-state index contributed by atoms with van der Waals surface area (Å²) in [6.07, 6.45) is 0. The van der Waals surface area contributed by atoms with Crippen molar-refractivity contribution >= 4 is 43.1 Å². The van der Waals surface area contributed by atoms with Gasteiger partial charge in [0.2, 0.25) is 0 Å². The van der Waals surface area contributed by atoms with Gasteiger partial charge in [-0.05, 0) is 74.6 Å². The molecule has 160 valence electrons. The summed E-state index contributed by atoms with van der Waals surface area (Å²) in [5.74, 6) is 1.69. The van der Waals surface area contributed by atoms with Gasteiger partial charge in [0.25, 0.3) is 0 Å². The van der Waals surface area contributed by atoms with Crippen molar-refractivity contribution in [3.8, 4) is 11.5 Å². The molecule has 0 aromatic heterocycles. The summed E-state index contributed by atoms with van der Waals surface area (Å²) in [5.41, 5.74) is 1.82. The third kappa shape index (κ3) is 10.6. The van der Waals surface area contributed by atoms with Gasteiger partial charge in [-0.2, -0.15) is 0 Å². The third-order valence-electron chi connectivity index (χ3n) is 4.58. The Morgan fingerprint density at radius 1 is 0.690 bits per heavy atom. The van der Waals surface area contributed by atoms with Crippen LogP contribution >= 0.6 is 12.2 Å². The van der Waals surface area contributed by atoms with Crippen molar-refractivity contribution in [2.45, 2.75) is 50.4 Å². The zero-order valence-corrected chi connectivity index (χ0v) is 21.7. The maximum atomic E-state index is 5.40. The fraction of sp³-hybridized carbons (Fsp3) is 0.435. The first-order valence-electron chi connectivity index (χ1n) is 10.6. The molecule has 0 saturated heterocycles. The van der Waals surface area contributed by atoms with Crippen molar-refractivity contribution in [2.75, 3.05) is 23.8 Å². The first kappa shape index (κ1) is 25.3. The topological polar surface area (TPSA) is 42.5 Å². The molecule has 0 aliphatic rings. The quantitative estimate of drug-likeness (QED) is 0.316. The number of hydrogen-bond donors (Lipinski definition) is 2. The number of hydrogen-bond acceptors (Lipinski definition) is 3. The van der Waals surface area contributed by atoms with E-state index in [0.717, 1.165) is 22.9 Å². The van der Waals surface area contributed by atoms with Crippen LogP contribution in [0.2, 0.25) is 15.8 Å². The van der Waals surface area contributed by atoms with Gasteiger partial charge in [-0.3, -0.25) is 0 Å². The number of anilines is 2. The average Bonchev–Trinajstić information content (AvgIpc) is 2.73. The molecular formula is C23H36GeN2O2S. The summed E-state index contributed by atoms with van der Waals surface area (Å²) in [5, 5.41) is 11.4. The molecule has 2 N–H and O–H groups in total. The van der Waals surface area contributed by atoms with Crippen LogP contribution in [0.5, 0.6) is 11.5 Å². The van der Waals surface area contributed by atoms with E-state index < -0.39 is 14.3 Å². The van der Waals surface area contributed by atoms with E-state index in [1.54, 1.807) is 15.8 Å². The van der Waals surface area contributed by atoms with Crippen molar-refractivity contribution in [2.24, 2.45) is 0 Å². The van der Waals surface area contributed by atoms with Crippen molar-refractivity contribution < 1.29 is 9.47 Å². The fourth-order valence-electron chi connectivity index (χ4n) is 2.76. The number of rotatable bonds is 9. The van der Waals surface area contributed by atoms with Crippen LogP contribution in [0.15, 0.2) is 48.5 Å². The Kier molecular flexibility index (Phi) is 13.2. The molecule has 2 rings (SSSR count). The van der Waals surface area contributed by atoms with Gasteiger partial charge in [0.05, 0.1) is 13.2 Å². The molecule has 0 spiro atoms. The first-order valence-corrected chi connectivity index (χ1v) is 16.1. The molecule has 0 amide bonds. The van der Waals surface area contributed by atoms with E-state index in [0.29, 0.717) is 18.3 Å². The number of thiocarbonyl (C=S) groups is 1. The van der Waals surface area contributed by atoms with Crippen LogP contribution in [0.4, 0.5) is 11.4 Å². The van der Waals surface area contributed by atoms with Gasteiger partial charge in [-0.1, -0.05) is 0 Å². The Balaban J connectivity index is 0.000000516. The Morgan fingerprint density at radius 2 is 1.03 bits per heavy atom. The van der Waals surface area contributed by atoms with E-state index in [9.17, 15) is 0 Å². The molecule has 0 unspecified atom stereocenters. The summed E-state index contributed by atoms with van der Waals surface area (Å²) >= 11 is 4.73. The Labute approximate surface area is 186 Å². The molecular weight excluding hydrogens is 441 g/mol. The van der Waals surface area contributed by atoms with Crippen molar-refractivity contribution in [1.29, 1.82) is 0 Å². The predicted octanol–water partition coefficient (Wildman–Crippen LogP) is 6.57. The van der Waals surface area contributed by atoms with Gasteiger partial charge in [0.15, 0.2) is 5.11 Å². The Hall–Kier alpha value is -1.73. The molecule has 0 fully saturated rings. The summed E-state index contributed by atoms with van der Waals surface area (Å²) in [4.78, 5) is 0. The van der Waals surface area contributed by atoms with Gasteiger partial charge in [-0.25, -0.2) is 0 Å². The molecule has 2 aromatic rings. The van der Waals surface area contributed by atoms with Crippen LogP contribution in [-0.4, -0.2) is 32.7 Å². The predicted molar refractivity (Wildman–Crippen MR) is 134 cm³/mol. The van der Waals surface area contributed by atoms with Crippen LogP contribution in [-0.2, 0) is 0 Å². The van der Waals surface area contributed by atoms with Crippen LogP contribution in [0.3, 0.4) is 0 Å². The number of nitrogens with one attached hydrogen (secondary N) is 2. The average molecular weight is 477 g/mol. The molecule has 6 heteroatoms. The molecule has 0 heterocycles. The maximum absolute atomic E-state index is 5.40. The van der Waals surface area contributed by atoms with Crippen LogP contribution < -0.4 is 20.1 Å². The Bertz CT molecular complexity index is 630. The monoisotopic (exact) mass is 478 g/mol. The van der Waals surface area contributed by atoms with Gasteiger partial charge < -0.3 is 20.1 Å². The van der Waals surface area contributed by atoms with Crippen molar-refractivity contribution in [1.82, 2.24) is 0 Å². The minimum atomic E-state index is -0.576. The summed E-state index contributed by atoms with van der Waals surface area (Å²) in [6, 6.07) is 15.3. The van der Waals surface area contributed by atoms with Gasteiger partial charge in [0, 0.05) is 11.4 Å². The van der Waals surface area contributed by atoms with Crippen LogP contribution in [0.1, 0.15) is 34.6 Å². The van der Waals surface area contributed by atoms with E-state index in [-0.39, 0.29) is 0 Å². The van der Waals surface area contributed by atoms with Crippen molar-refractivity contribution in [3.63, 3.8) is 0 Å². The zero-order chi connectivity index (χ0) is 21.5. The van der Waals surface area contributed by atoms with Gasteiger partial charge in [0.1, 0.15) is 11.5 Å². The molecule has 0 saturated carbocycles. The molecule has 0 aliphatic carbocycles. The van der Waals surface area contributed by atoms with E-state index in [1.807, 2.05) is 62.4 Å². The second kappa shape index (κ2) is 15.2. The number of benzene rings is 2. The number of ether oxygens (including phenoxy) is 2. The molecule has 0 aliphatic heterocycles.